The normalized spacial score (nSPS) is 22.0. The van der Waals surface area contributed by atoms with Crippen LogP contribution in [0.15, 0.2) is 6.07 Å². The first-order valence-corrected chi connectivity index (χ1v) is 8.50. The van der Waals surface area contributed by atoms with Crippen molar-refractivity contribution >= 4 is 11.6 Å². The predicted octanol–water partition coefficient (Wildman–Crippen LogP) is 4.10. The molecule has 0 atom stereocenters. The molecule has 2 rings (SSSR count). The molecule has 0 spiro atoms. The van der Waals surface area contributed by atoms with Gasteiger partial charge in [0.15, 0.2) is 0 Å². The summed E-state index contributed by atoms with van der Waals surface area (Å²) in [4.78, 5) is 9.09. The number of aryl methyl sites for hydroxylation is 1. The maximum Gasteiger partial charge on any atom is 0.133 e. The minimum atomic E-state index is 0.898. The molecule has 0 radical (unpaired) electrons. The van der Waals surface area contributed by atoms with Crippen LogP contribution in [0.4, 0.5) is 11.6 Å². The molecule has 0 saturated heterocycles. The van der Waals surface area contributed by atoms with Crippen molar-refractivity contribution in [2.75, 3.05) is 24.2 Å². The van der Waals surface area contributed by atoms with Crippen molar-refractivity contribution in [1.29, 1.82) is 0 Å². The van der Waals surface area contributed by atoms with Crippen molar-refractivity contribution in [2.24, 2.45) is 11.8 Å². The fraction of sp³-hybridized carbons (Fsp3) is 0.765. The maximum absolute atomic E-state index is 4.60. The Morgan fingerprint density at radius 2 is 1.86 bits per heavy atom. The standard InChI is InChI=1S/C17H30N4/c1-4-5-15-20-16(18-3)12-17(21-15)19-11-10-14-8-6-13(2)7-9-14/h12-14H,4-11H2,1-3H3,(H2,18,19,20,21). The molecule has 1 heterocycles. The maximum atomic E-state index is 4.60. The van der Waals surface area contributed by atoms with Crippen molar-refractivity contribution in [1.82, 2.24) is 9.97 Å². The van der Waals surface area contributed by atoms with Crippen LogP contribution in [-0.4, -0.2) is 23.6 Å². The molecule has 1 aromatic heterocycles. The van der Waals surface area contributed by atoms with Crippen molar-refractivity contribution in [3.05, 3.63) is 11.9 Å². The molecular weight excluding hydrogens is 260 g/mol. The van der Waals surface area contributed by atoms with Gasteiger partial charge >= 0.3 is 0 Å². The van der Waals surface area contributed by atoms with Gasteiger partial charge in [0.05, 0.1) is 0 Å². The van der Waals surface area contributed by atoms with E-state index in [1.54, 1.807) is 0 Å². The second kappa shape index (κ2) is 8.20. The van der Waals surface area contributed by atoms with Gasteiger partial charge in [-0.25, -0.2) is 9.97 Å². The first-order chi connectivity index (χ1) is 10.2. The van der Waals surface area contributed by atoms with E-state index in [-0.39, 0.29) is 0 Å². The zero-order valence-corrected chi connectivity index (χ0v) is 13.8. The molecule has 4 nitrogen and oxygen atoms in total. The molecule has 1 saturated carbocycles. The number of rotatable bonds is 7. The third-order valence-electron chi connectivity index (χ3n) is 4.50. The Bertz CT molecular complexity index is 425. The molecule has 0 aliphatic heterocycles. The summed E-state index contributed by atoms with van der Waals surface area (Å²) in [5.74, 6) is 4.63. The first-order valence-electron chi connectivity index (χ1n) is 8.50. The Labute approximate surface area is 129 Å². The first kappa shape index (κ1) is 16.1. The van der Waals surface area contributed by atoms with E-state index < -0.39 is 0 Å². The van der Waals surface area contributed by atoms with E-state index in [0.717, 1.165) is 48.7 Å². The monoisotopic (exact) mass is 290 g/mol. The average molecular weight is 290 g/mol. The van der Waals surface area contributed by atoms with E-state index in [9.17, 15) is 0 Å². The van der Waals surface area contributed by atoms with Crippen molar-refractivity contribution in [3.8, 4) is 0 Å². The lowest BCUT2D eigenvalue weighted by Gasteiger charge is -2.26. The SMILES string of the molecule is CCCc1nc(NC)cc(NCCC2CCC(C)CC2)n1. The minimum Gasteiger partial charge on any atom is -0.373 e. The van der Waals surface area contributed by atoms with Crippen molar-refractivity contribution < 1.29 is 0 Å². The molecule has 1 aliphatic carbocycles. The van der Waals surface area contributed by atoms with Crippen molar-refractivity contribution in [2.45, 2.75) is 58.8 Å². The number of anilines is 2. The van der Waals surface area contributed by atoms with Crippen LogP contribution >= 0.6 is 0 Å². The van der Waals surface area contributed by atoms with Gasteiger partial charge in [0.1, 0.15) is 17.5 Å². The van der Waals surface area contributed by atoms with Crippen LogP contribution in [0, 0.1) is 11.8 Å². The number of nitrogens with zero attached hydrogens (tertiary/aromatic N) is 2. The fourth-order valence-corrected chi connectivity index (χ4v) is 3.07. The Kier molecular flexibility index (Phi) is 6.27. The van der Waals surface area contributed by atoms with Gasteiger partial charge in [0.25, 0.3) is 0 Å². The van der Waals surface area contributed by atoms with Crippen LogP contribution in [0.25, 0.3) is 0 Å². The lowest BCUT2D eigenvalue weighted by Crippen LogP contribution is -2.16. The number of hydrogen-bond donors (Lipinski definition) is 2. The molecule has 0 amide bonds. The summed E-state index contributed by atoms with van der Waals surface area (Å²) in [7, 11) is 1.91. The highest BCUT2D eigenvalue weighted by atomic mass is 15.1. The van der Waals surface area contributed by atoms with Crippen LogP contribution < -0.4 is 10.6 Å². The van der Waals surface area contributed by atoms with E-state index in [1.807, 2.05) is 13.1 Å². The van der Waals surface area contributed by atoms with Gasteiger partial charge in [-0.3, -0.25) is 0 Å². The van der Waals surface area contributed by atoms with E-state index in [4.69, 9.17) is 0 Å². The van der Waals surface area contributed by atoms with E-state index in [2.05, 4.69) is 34.4 Å². The summed E-state index contributed by atoms with van der Waals surface area (Å²) in [5.41, 5.74) is 0. The quantitative estimate of drug-likeness (QED) is 0.794. The van der Waals surface area contributed by atoms with Gasteiger partial charge in [0, 0.05) is 26.1 Å². The Hall–Kier alpha value is -1.32. The molecule has 0 bridgehead atoms. The second-order valence-corrected chi connectivity index (χ2v) is 6.40. The summed E-state index contributed by atoms with van der Waals surface area (Å²) in [6.45, 7) is 5.56. The highest BCUT2D eigenvalue weighted by molar-refractivity contribution is 5.47. The Morgan fingerprint density at radius 1 is 1.14 bits per heavy atom. The molecule has 4 heteroatoms. The molecular formula is C17H30N4. The number of hydrogen-bond acceptors (Lipinski definition) is 4. The smallest absolute Gasteiger partial charge is 0.133 e. The molecule has 118 valence electrons. The van der Waals surface area contributed by atoms with Crippen LogP contribution in [0.5, 0.6) is 0 Å². The summed E-state index contributed by atoms with van der Waals surface area (Å²) < 4.78 is 0. The number of aromatic nitrogens is 2. The van der Waals surface area contributed by atoms with Gasteiger partial charge < -0.3 is 10.6 Å². The van der Waals surface area contributed by atoms with Gasteiger partial charge in [0.2, 0.25) is 0 Å². The largest absolute Gasteiger partial charge is 0.373 e. The van der Waals surface area contributed by atoms with Crippen LogP contribution in [-0.2, 0) is 6.42 Å². The summed E-state index contributed by atoms with van der Waals surface area (Å²) in [6.07, 6.45) is 8.88. The topological polar surface area (TPSA) is 49.8 Å². The summed E-state index contributed by atoms with van der Waals surface area (Å²) in [5, 5.41) is 6.61. The van der Waals surface area contributed by atoms with E-state index >= 15 is 0 Å². The highest BCUT2D eigenvalue weighted by Gasteiger charge is 2.17. The van der Waals surface area contributed by atoms with Gasteiger partial charge in [-0.1, -0.05) is 39.5 Å². The van der Waals surface area contributed by atoms with Gasteiger partial charge in [-0.05, 0) is 24.7 Å². The molecule has 0 aromatic carbocycles. The molecule has 1 aromatic rings. The molecule has 1 aliphatic rings. The third-order valence-corrected chi connectivity index (χ3v) is 4.50. The molecule has 0 unspecified atom stereocenters. The molecule has 2 N–H and O–H groups in total. The van der Waals surface area contributed by atoms with Crippen LogP contribution in [0.2, 0.25) is 0 Å². The van der Waals surface area contributed by atoms with E-state index in [0.29, 0.717) is 0 Å². The highest BCUT2D eigenvalue weighted by Crippen LogP contribution is 2.30. The van der Waals surface area contributed by atoms with Crippen LogP contribution in [0.1, 0.15) is 58.2 Å². The van der Waals surface area contributed by atoms with Crippen LogP contribution in [0.3, 0.4) is 0 Å². The summed E-state index contributed by atoms with van der Waals surface area (Å²) in [6, 6.07) is 2.00. The van der Waals surface area contributed by atoms with Crippen molar-refractivity contribution in [3.63, 3.8) is 0 Å². The summed E-state index contributed by atoms with van der Waals surface area (Å²) >= 11 is 0. The minimum absolute atomic E-state index is 0.898. The lowest BCUT2D eigenvalue weighted by atomic mass is 9.81. The second-order valence-electron chi connectivity index (χ2n) is 6.40. The predicted molar refractivity (Wildman–Crippen MR) is 89.8 cm³/mol. The molecule has 21 heavy (non-hydrogen) atoms. The fourth-order valence-electron chi connectivity index (χ4n) is 3.07. The van der Waals surface area contributed by atoms with E-state index in [1.165, 1.54) is 32.1 Å². The average Bonchev–Trinajstić information content (AvgIpc) is 2.49. The number of nitrogens with one attached hydrogen (secondary N) is 2. The Balaban J connectivity index is 1.83. The Morgan fingerprint density at radius 3 is 2.52 bits per heavy atom. The third kappa shape index (κ3) is 5.18. The van der Waals surface area contributed by atoms with Gasteiger partial charge in [-0.15, -0.1) is 0 Å². The zero-order chi connectivity index (χ0) is 15.1. The zero-order valence-electron chi connectivity index (χ0n) is 13.8. The lowest BCUT2D eigenvalue weighted by molar-refractivity contribution is 0.282. The van der Waals surface area contributed by atoms with Gasteiger partial charge in [-0.2, -0.15) is 0 Å². The molecule has 1 fully saturated rings.